The van der Waals surface area contributed by atoms with Crippen LogP contribution in [0.2, 0.25) is 0 Å². The maximum absolute atomic E-state index is 11.3. The van der Waals surface area contributed by atoms with Gasteiger partial charge >= 0.3 is 0 Å². The Bertz CT molecular complexity index is 426. The van der Waals surface area contributed by atoms with Crippen LogP contribution in [0.1, 0.15) is 48.9 Å². The SMILES string of the molecule is NC(=O)c1cc(N)cnc1OC1CCCCCC1. The third-order valence-electron chi connectivity index (χ3n) is 3.22. The highest BCUT2D eigenvalue weighted by molar-refractivity contribution is 5.95. The molecule has 1 aromatic rings. The summed E-state index contributed by atoms with van der Waals surface area (Å²) in [5.74, 6) is -0.248. The Morgan fingerprint density at radius 3 is 2.56 bits per heavy atom. The number of primary amides is 1. The van der Waals surface area contributed by atoms with Crippen LogP contribution in [0.4, 0.5) is 5.69 Å². The van der Waals surface area contributed by atoms with E-state index in [-0.39, 0.29) is 11.7 Å². The van der Waals surface area contributed by atoms with E-state index >= 15 is 0 Å². The molecule has 0 saturated heterocycles. The van der Waals surface area contributed by atoms with E-state index in [9.17, 15) is 4.79 Å². The molecular formula is C13H19N3O2. The number of amides is 1. The summed E-state index contributed by atoms with van der Waals surface area (Å²) in [5.41, 5.74) is 11.6. The molecule has 0 unspecified atom stereocenters. The summed E-state index contributed by atoms with van der Waals surface area (Å²) >= 11 is 0. The van der Waals surface area contributed by atoms with Crippen LogP contribution in [0.5, 0.6) is 5.88 Å². The van der Waals surface area contributed by atoms with E-state index in [0.29, 0.717) is 11.6 Å². The molecule has 0 aromatic carbocycles. The maximum atomic E-state index is 11.3. The molecule has 1 fully saturated rings. The minimum absolute atomic E-state index is 0.127. The van der Waals surface area contributed by atoms with E-state index in [2.05, 4.69) is 4.98 Å². The number of nitrogen functional groups attached to an aromatic ring is 1. The molecule has 2 rings (SSSR count). The van der Waals surface area contributed by atoms with Crippen molar-refractivity contribution in [3.63, 3.8) is 0 Å². The Kier molecular flexibility index (Phi) is 4.02. The number of hydrogen-bond acceptors (Lipinski definition) is 4. The van der Waals surface area contributed by atoms with E-state index in [1.165, 1.54) is 25.1 Å². The fourth-order valence-electron chi connectivity index (χ4n) is 2.26. The van der Waals surface area contributed by atoms with E-state index in [4.69, 9.17) is 16.2 Å². The molecular weight excluding hydrogens is 230 g/mol. The van der Waals surface area contributed by atoms with Crippen molar-refractivity contribution in [3.8, 4) is 5.88 Å². The molecule has 1 aliphatic carbocycles. The lowest BCUT2D eigenvalue weighted by molar-refractivity contribution is 0.0989. The van der Waals surface area contributed by atoms with Crippen LogP contribution in [0, 0.1) is 0 Å². The summed E-state index contributed by atoms with van der Waals surface area (Å²) in [7, 11) is 0. The molecule has 0 atom stereocenters. The highest BCUT2D eigenvalue weighted by Gasteiger charge is 2.18. The number of aromatic nitrogens is 1. The quantitative estimate of drug-likeness (QED) is 0.800. The van der Waals surface area contributed by atoms with Gasteiger partial charge in [0.1, 0.15) is 11.7 Å². The molecule has 4 N–H and O–H groups in total. The fraction of sp³-hybridized carbons (Fsp3) is 0.538. The Morgan fingerprint density at radius 2 is 1.94 bits per heavy atom. The van der Waals surface area contributed by atoms with Gasteiger partial charge in [-0.15, -0.1) is 0 Å². The first-order chi connectivity index (χ1) is 8.66. The molecule has 0 spiro atoms. The molecule has 0 aliphatic heterocycles. The summed E-state index contributed by atoms with van der Waals surface area (Å²) in [6.07, 6.45) is 8.43. The Labute approximate surface area is 107 Å². The third kappa shape index (κ3) is 3.12. The molecule has 0 bridgehead atoms. The first-order valence-electron chi connectivity index (χ1n) is 6.39. The number of nitrogens with zero attached hydrogens (tertiary/aromatic N) is 1. The average molecular weight is 249 g/mol. The molecule has 1 aromatic heterocycles. The highest BCUT2D eigenvalue weighted by atomic mass is 16.5. The van der Waals surface area contributed by atoms with Crippen molar-refractivity contribution in [2.24, 2.45) is 5.73 Å². The number of nitrogens with two attached hydrogens (primary N) is 2. The second-order valence-corrected chi connectivity index (χ2v) is 4.72. The second-order valence-electron chi connectivity index (χ2n) is 4.72. The lowest BCUT2D eigenvalue weighted by Crippen LogP contribution is -2.20. The van der Waals surface area contributed by atoms with Crippen molar-refractivity contribution in [2.75, 3.05) is 5.73 Å². The Balaban J connectivity index is 2.14. The number of ether oxygens (including phenoxy) is 1. The van der Waals surface area contributed by atoms with Gasteiger partial charge in [-0.3, -0.25) is 4.79 Å². The molecule has 5 heteroatoms. The van der Waals surface area contributed by atoms with Crippen LogP contribution in [-0.2, 0) is 0 Å². The zero-order valence-electron chi connectivity index (χ0n) is 10.4. The van der Waals surface area contributed by atoms with Crippen molar-refractivity contribution in [1.82, 2.24) is 4.98 Å². The normalized spacial score (nSPS) is 17.1. The van der Waals surface area contributed by atoms with E-state index in [1.807, 2.05) is 0 Å². The van der Waals surface area contributed by atoms with E-state index in [0.717, 1.165) is 25.7 Å². The monoisotopic (exact) mass is 249 g/mol. The number of carbonyl (C=O) groups is 1. The standard InChI is InChI=1S/C13H19N3O2/c14-9-7-11(12(15)17)13(16-8-9)18-10-5-3-1-2-4-6-10/h7-8,10H,1-6,14H2,(H2,15,17). The van der Waals surface area contributed by atoms with Gasteiger partial charge in [-0.2, -0.15) is 0 Å². The largest absolute Gasteiger partial charge is 0.474 e. The number of pyridine rings is 1. The molecule has 18 heavy (non-hydrogen) atoms. The number of carbonyl (C=O) groups excluding carboxylic acids is 1. The molecule has 0 radical (unpaired) electrons. The van der Waals surface area contributed by atoms with Gasteiger partial charge in [-0.25, -0.2) is 4.98 Å². The minimum atomic E-state index is -0.557. The molecule has 1 heterocycles. The first kappa shape index (κ1) is 12.7. The van der Waals surface area contributed by atoms with Gasteiger partial charge in [0, 0.05) is 0 Å². The van der Waals surface area contributed by atoms with Crippen molar-refractivity contribution in [1.29, 1.82) is 0 Å². The van der Waals surface area contributed by atoms with Crippen molar-refractivity contribution >= 4 is 11.6 Å². The molecule has 98 valence electrons. The van der Waals surface area contributed by atoms with Gasteiger partial charge < -0.3 is 16.2 Å². The van der Waals surface area contributed by atoms with Crippen LogP contribution in [0.15, 0.2) is 12.3 Å². The average Bonchev–Trinajstić information content (AvgIpc) is 2.60. The number of anilines is 1. The highest BCUT2D eigenvalue weighted by Crippen LogP contribution is 2.24. The lowest BCUT2D eigenvalue weighted by Gasteiger charge is -2.17. The van der Waals surface area contributed by atoms with Gasteiger partial charge in [-0.1, -0.05) is 12.8 Å². The Hall–Kier alpha value is -1.78. The van der Waals surface area contributed by atoms with Gasteiger partial charge in [0.05, 0.1) is 11.9 Å². The smallest absolute Gasteiger partial charge is 0.254 e. The number of rotatable bonds is 3. The van der Waals surface area contributed by atoms with Gasteiger partial charge in [0.15, 0.2) is 0 Å². The molecule has 1 aliphatic rings. The van der Waals surface area contributed by atoms with Gasteiger partial charge in [0.25, 0.3) is 5.91 Å². The van der Waals surface area contributed by atoms with Crippen molar-refractivity contribution in [3.05, 3.63) is 17.8 Å². The topological polar surface area (TPSA) is 91.2 Å². The molecule has 1 amide bonds. The molecule has 5 nitrogen and oxygen atoms in total. The van der Waals surface area contributed by atoms with Crippen LogP contribution < -0.4 is 16.2 Å². The Morgan fingerprint density at radius 1 is 1.28 bits per heavy atom. The summed E-state index contributed by atoms with van der Waals surface area (Å²) in [5, 5.41) is 0. The minimum Gasteiger partial charge on any atom is -0.474 e. The predicted molar refractivity (Wildman–Crippen MR) is 69.3 cm³/mol. The van der Waals surface area contributed by atoms with Crippen molar-refractivity contribution in [2.45, 2.75) is 44.6 Å². The van der Waals surface area contributed by atoms with Crippen LogP contribution in [-0.4, -0.2) is 17.0 Å². The molecule has 1 saturated carbocycles. The van der Waals surface area contributed by atoms with Crippen LogP contribution in [0.25, 0.3) is 0 Å². The van der Waals surface area contributed by atoms with E-state index < -0.39 is 5.91 Å². The van der Waals surface area contributed by atoms with Crippen LogP contribution in [0.3, 0.4) is 0 Å². The van der Waals surface area contributed by atoms with E-state index in [1.54, 1.807) is 0 Å². The summed E-state index contributed by atoms with van der Waals surface area (Å²) in [6, 6.07) is 1.52. The second kappa shape index (κ2) is 5.71. The lowest BCUT2D eigenvalue weighted by atomic mass is 10.1. The number of hydrogen-bond donors (Lipinski definition) is 2. The zero-order chi connectivity index (χ0) is 13.0. The zero-order valence-corrected chi connectivity index (χ0v) is 10.4. The summed E-state index contributed by atoms with van der Waals surface area (Å²) in [6.45, 7) is 0. The van der Waals surface area contributed by atoms with Gasteiger partial charge in [-0.05, 0) is 31.7 Å². The summed E-state index contributed by atoms with van der Waals surface area (Å²) < 4.78 is 5.82. The summed E-state index contributed by atoms with van der Waals surface area (Å²) in [4.78, 5) is 15.4. The van der Waals surface area contributed by atoms with Crippen LogP contribution >= 0.6 is 0 Å². The van der Waals surface area contributed by atoms with Crippen molar-refractivity contribution < 1.29 is 9.53 Å². The predicted octanol–water partition coefficient (Wildman–Crippen LogP) is 1.86. The fourth-order valence-corrected chi connectivity index (χ4v) is 2.26. The van der Waals surface area contributed by atoms with Gasteiger partial charge in [0.2, 0.25) is 5.88 Å². The first-order valence-corrected chi connectivity index (χ1v) is 6.39. The maximum Gasteiger partial charge on any atom is 0.254 e. The third-order valence-corrected chi connectivity index (χ3v) is 3.22.